The standard InChI is InChI=1S/C22H21ClN4/c1-26-13-15(12-24-26)14-27-10-9-19-18-7-2-3-8-20(18)25-21(19)22(27)16-5-4-6-17(23)11-16/h2-8,11-13,22,25H,9-10,14H2,1H3/t22-/m1/s1. The van der Waals surface area contributed by atoms with Gasteiger partial charge >= 0.3 is 0 Å². The van der Waals surface area contributed by atoms with E-state index in [-0.39, 0.29) is 6.04 Å². The first-order valence-corrected chi connectivity index (χ1v) is 9.63. The molecule has 0 fully saturated rings. The summed E-state index contributed by atoms with van der Waals surface area (Å²) >= 11 is 6.34. The molecule has 0 saturated carbocycles. The molecule has 5 heteroatoms. The molecule has 2 aromatic carbocycles. The Kier molecular flexibility index (Phi) is 4.03. The molecular formula is C22H21ClN4. The topological polar surface area (TPSA) is 36.9 Å². The van der Waals surface area contributed by atoms with E-state index >= 15 is 0 Å². The summed E-state index contributed by atoms with van der Waals surface area (Å²) in [5.41, 5.74) is 6.37. The molecule has 4 aromatic rings. The Hall–Kier alpha value is -2.56. The molecule has 27 heavy (non-hydrogen) atoms. The summed E-state index contributed by atoms with van der Waals surface area (Å²) in [5.74, 6) is 0. The van der Waals surface area contributed by atoms with Crippen molar-refractivity contribution in [2.75, 3.05) is 6.54 Å². The van der Waals surface area contributed by atoms with Crippen molar-refractivity contribution in [1.29, 1.82) is 0 Å². The maximum absolute atomic E-state index is 6.34. The van der Waals surface area contributed by atoms with Gasteiger partial charge in [-0.05, 0) is 35.7 Å². The van der Waals surface area contributed by atoms with E-state index in [9.17, 15) is 0 Å². The average Bonchev–Trinajstić information content (AvgIpc) is 3.24. The minimum absolute atomic E-state index is 0.153. The molecule has 136 valence electrons. The Bertz CT molecular complexity index is 1110. The quantitative estimate of drug-likeness (QED) is 0.562. The third-order valence-corrected chi connectivity index (χ3v) is 5.68. The average molecular weight is 377 g/mol. The Balaban J connectivity index is 1.63. The van der Waals surface area contributed by atoms with Crippen LogP contribution in [-0.4, -0.2) is 26.2 Å². The van der Waals surface area contributed by atoms with Crippen LogP contribution in [0.3, 0.4) is 0 Å². The minimum atomic E-state index is 0.153. The second-order valence-corrected chi connectivity index (χ2v) is 7.70. The minimum Gasteiger partial charge on any atom is -0.357 e. The number of nitrogens with one attached hydrogen (secondary N) is 1. The second-order valence-electron chi connectivity index (χ2n) is 7.26. The molecule has 0 radical (unpaired) electrons. The van der Waals surface area contributed by atoms with Crippen molar-refractivity contribution in [2.45, 2.75) is 19.0 Å². The van der Waals surface area contributed by atoms with E-state index < -0.39 is 0 Å². The van der Waals surface area contributed by atoms with E-state index in [0.29, 0.717) is 0 Å². The lowest BCUT2D eigenvalue weighted by molar-refractivity contribution is 0.202. The summed E-state index contributed by atoms with van der Waals surface area (Å²) < 4.78 is 1.86. The summed E-state index contributed by atoms with van der Waals surface area (Å²) in [6.45, 7) is 1.86. The molecule has 1 N–H and O–H groups in total. The predicted molar refractivity (Wildman–Crippen MR) is 109 cm³/mol. The molecule has 1 atom stereocenters. The van der Waals surface area contributed by atoms with Crippen molar-refractivity contribution >= 4 is 22.5 Å². The second kappa shape index (κ2) is 6.55. The van der Waals surface area contributed by atoms with Crippen LogP contribution in [0.2, 0.25) is 5.02 Å². The maximum atomic E-state index is 6.34. The molecule has 0 aliphatic carbocycles. The fourth-order valence-corrected chi connectivity index (χ4v) is 4.50. The van der Waals surface area contributed by atoms with Gasteiger partial charge in [0.05, 0.1) is 12.2 Å². The van der Waals surface area contributed by atoms with Gasteiger partial charge in [0.1, 0.15) is 0 Å². The van der Waals surface area contributed by atoms with Crippen molar-refractivity contribution in [2.24, 2.45) is 7.05 Å². The number of aryl methyl sites for hydroxylation is 1. The Labute approximate surface area is 163 Å². The smallest absolute Gasteiger partial charge is 0.0760 e. The van der Waals surface area contributed by atoms with Crippen LogP contribution in [0.5, 0.6) is 0 Å². The summed E-state index contributed by atoms with van der Waals surface area (Å²) in [6.07, 6.45) is 5.09. The Morgan fingerprint density at radius 1 is 1.19 bits per heavy atom. The highest BCUT2D eigenvalue weighted by Crippen LogP contribution is 2.39. The van der Waals surface area contributed by atoms with Crippen LogP contribution in [0.4, 0.5) is 0 Å². The number of H-pyrrole nitrogens is 1. The monoisotopic (exact) mass is 376 g/mol. The SMILES string of the molecule is Cn1cc(CN2CCc3c([nH]c4ccccc34)[C@H]2c2cccc(Cl)c2)cn1. The van der Waals surface area contributed by atoms with Gasteiger partial charge in [-0.1, -0.05) is 41.9 Å². The molecule has 2 aromatic heterocycles. The van der Waals surface area contributed by atoms with Gasteiger partial charge < -0.3 is 4.98 Å². The first-order chi connectivity index (χ1) is 13.2. The first kappa shape index (κ1) is 16.6. The molecule has 0 unspecified atom stereocenters. The highest BCUT2D eigenvalue weighted by molar-refractivity contribution is 6.30. The van der Waals surface area contributed by atoms with Gasteiger partial charge in [-0.15, -0.1) is 0 Å². The van der Waals surface area contributed by atoms with E-state index in [1.54, 1.807) is 0 Å². The van der Waals surface area contributed by atoms with Crippen molar-refractivity contribution in [3.8, 4) is 0 Å². The van der Waals surface area contributed by atoms with Gasteiger partial charge in [0, 0.05) is 53.5 Å². The van der Waals surface area contributed by atoms with Crippen LogP contribution in [0.1, 0.15) is 28.4 Å². The molecule has 1 aliphatic heterocycles. The summed E-state index contributed by atoms with van der Waals surface area (Å²) in [6, 6.07) is 17.0. The number of benzene rings is 2. The number of hydrogen-bond donors (Lipinski definition) is 1. The third-order valence-electron chi connectivity index (χ3n) is 5.44. The van der Waals surface area contributed by atoms with Crippen LogP contribution in [0.15, 0.2) is 60.9 Å². The number of halogens is 1. The van der Waals surface area contributed by atoms with E-state index in [1.807, 2.05) is 30.1 Å². The van der Waals surface area contributed by atoms with E-state index in [1.165, 1.54) is 33.3 Å². The largest absolute Gasteiger partial charge is 0.357 e. The molecular weight excluding hydrogens is 356 g/mol. The zero-order chi connectivity index (χ0) is 18.4. The van der Waals surface area contributed by atoms with Crippen LogP contribution < -0.4 is 0 Å². The predicted octanol–water partition coefficient (Wildman–Crippen LogP) is 4.70. The lowest BCUT2D eigenvalue weighted by Crippen LogP contribution is -2.35. The number of nitrogens with zero attached hydrogens (tertiary/aromatic N) is 3. The molecule has 0 saturated heterocycles. The first-order valence-electron chi connectivity index (χ1n) is 9.25. The van der Waals surface area contributed by atoms with Crippen LogP contribution in [-0.2, 0) is 20.0 Å². The fourth-order valence-electron chi connectivity index (χ4n) is 4.30. The van der Waals surface area contributed by atoms with Crippen LogP contribution in [0, 0.1) is 0 Å². The van der Waals surface area contributed by atoms with Gasteiger partial charge in [0.25, 0.3) is 0 Å². The molecule has 4 nitrogen and oxygen atoms in total. The van der Waals surface area contributed by atoms with Gasteiger partial charge in [0.15, 0.2) is 0 Å². The molecule has 1 aliphatic rings. The lowest BCUT2D eigenvalue weighted by atomic mass is 9.92. The maximum Gasteiger partial charge on any atom is 0.0760 e. The molecule has 0 spiro atoms. The zero-order valence-electron chi connectivity index (χ0n) is 15.2. The Morgan fingerprint density at radius 2 is 2.07 bits per heavy atom. The number of rotatable bonds is 3. The number of fused-ring (bicyclic) bond motifs is 3. The normalized spacial score (nSPS) is 17.3. The molecule has 0 amide bonds. The van der Waals surface area contributed by atoms with Crippen molar-refractivity contribution in [1.82, 2.24) is 19.7 Å². The van der Waals surface area contributed by atoms with Crippen molar-refractivity contribution in [3.05, 3.63) is 88.3 Å². The highest BCUT2D eigenvalue weighted by Gasteiger charge is 2.31. The van der Waals surface area contributed by atoms with Crippen LogP contribution in [0.25, 0.3) is 10.9 Å². The van der Waals surface area contributed by atoms with Crippen molar-refractivity contribution in [3.63, 3.8) is 0 Å². The summed E-state index contributed by atoms with van der Waals surface area (Å²) in [4.78, 5) is 6.21. The van der Waals surface area contributed by atoms with E-state index in [0.717, 1.165) is 24.5 Å². The van der Waals surface area contributed by atoms with E-state index in [2.05, 4.69) is 57.6 Å². The van der Waals surface area contributed by atoms with Gasteiger partial charge in [-0.3, -0.25) is 9.58 Å². The number of aromatic nitrogens is 3. The summed E-state index contributed by atoms with van der Waals surface area (Å²) in [5, 5.41) is 6.44. The molecule has 5 rings (SSSR count). The number of aromatic amines is 1. The van der Waals surface area contributed by atoms with Gasteiger partial charge in [-0.2, -0.15) is 5.10 Å². The fraction of sp³-hybridized carbons (Fsp3) is 0.227. The van der Waals surface area contributed by atoms with Gasteiger partial charge in [-0.25, -0.2) is 0 Å². The molecule has 0 bridgehead atoms. The zero-order valence-corrected chi connectivity index (χ0v) is 15.9. The van der Waals surface area contributed by atoms with E-state index in [4.69, 9.17) is 11.6 Å². The lowest BCUT2D eigenvalue weighted by Gasteiger charge is -2.36. The number of hydrogen-bond acceptors (Lipinski definition) is 2. The third kappa shape index (κ3) is 2.95. The van der Waals surface area contributed by atoms with Gasteiger partial charge in [0.2, 0.25) is 0 Å². The molecule has 3 heterocycles. The van der Waals surface area contributed by atoms with Crippen molar-refractivity contribution < 1.29 is 0 Å². The summed E-state index contributed by atoms with van der Waals surface area (Å²) in [7, 11) is 1.96. The Morgan fingerprint density at radius 3 is 2.89 bits per heavy atom. The highest BCUT2D eigenvalue weighted by atomic mass is 35.5. The number of para-hydroxylation sites is 1. The van der Waals surface area contributed by atoms with Crippen LogP contribution >= 0.6 is 11.6 Å².